The van der Waals surface area contributed by atoms with E-state index in [0.29, 0.717) is 12.3 Å². The number of rotatable bonds is 15. The van der Waals surface area contributed by atoms with E-state index in [-0.39, 0.29) is 31.6 Å². The second-order valence-electron chi connectivity index (χ2n) is 9.02. The summed E-state index contributed by atoms with van der Waals surface area (Å²) in [6.45, 7) is 5.74. The molecule has 182 valence electrons. The zero-order valence-electron chi connectivity index (χ0n) is 19.1. The van der Waals surface area contributed by atoms with E-state index in [4.69, 9.17) is 5.73 Å². The normalized spacial score (nSPS) is 14.9. The first-order valence-corrected chi connectivity index (χ1v) is 10.8. The van der Waals surface area contributed by atoms with Crippen LogP contribution in [0.25, 0.3) is 0 Å². The van der Waals surface area contributed by atoms with Crippen molar-refractivity contribution >= 4 is 17.7 Å². The highest BCUT2D eigenvalue weighted by Gasteiger charge is 2.30. The third kappa shape index (κ3) is 11.0. The van der Waals surface area contributed by atoms with Crippen LogP contribution >= 0.6 is 0 Å². The van der Waals surface area contributed by atoms with Crippen LogP contribution in [0.1, 0.15) is 59.8 Å². The largest absolute Gasteiger partial charge is 0.394 e. The van der Waals surface area contributed by atoms with Crippen molar-refractivity contribution in [1.29, 1.82) is 0 Å². The second-order valence-corrected chi connectivity index (χ2v) is 9.02. The number of amides is 3. The topological polar surface area (TPSA) is 182 Å². The Labute approximate surface area is 184 Å². The number of nitrogens with one attached hydrogen (secondary N) is 2. The van der Waals surface area contributed by atoms with Crippen LogP contribution in [-0.4, -0.2) is 75.7 Å². The second kappa shape index (κ2) is 14.5. The fourth-order valence-electron chi connectivity index (χ4n) is 3.15. The van der Waals surface area contributed by atoms with Crippen molar-refractivity contribution in [2.75, 3.05) is 19.8 Å². The molecule has 10 nitrogen and oxygen atoms in total. The van der Waals surface area contributed by atoms with Gasteiger partial charge in [-0.3, -0.25) is 19.7 Å². The van der Waals surface area contributed by atoms with E-state index >= 15 is 0 Å². The fourth-order valence-corrected chi connectivity index (χ4v) is 3.15. The van der Waals surface area contributed by atoms with E-state index < -0.39 is 61.1 Å². The van der Waals surface area contributed by atoms with Crippen molar-refractivity contribution in [2.45, 2.75) is 77.5 Å². The van der Waals surface area contributed by atoms with Gasteiger partial charge in [0.2, 0.25) is 17.7 Å². The van der Waals surface area contributed by atoms with E-state index in [2.05, 4.69) is 10.6 Å². The maximum Gasteiger partial charge on any atom is 0.230 e. The van der Waals surface area contributed by atoms with E-state index in [1.165, 1.54) is 0 Å². The molecule has 0 radical (unpaired) electrons. The van der Waals surface area contributed by atoms with E-state index in [1.807, 2.05) is 27.7 Å². The lowest BCUT2D eigenvalue weighted by atomic mass is 9.86. The molecule has 10 heteroatoms. The van der Waals surface area contributed by atoms with Gasteiger partial charge < -0.3 is 31.5 Å². The molecule has 3 amide bonds. The average molecular weight is 448 g/mol. The smallest absolute Gasteiger partial charge is 0.230 e. The molecule has 3 atom stereocenters. The van der Waals surface area contributed by atoms with Gasteiger partial charge in [-0.1, -0.05) is 27.7 Å². The van der Waals surface area contributed by atoms with Crippen molar-refractivity contribution in [3.8, 4) is 0 Å². The molecule has 0 aliphatic rings. The summed E-state index contributed by atoms with van der Waals surface area (Å²) in [5.74, 6) is -1.95. The lowest BCUT2D eigenvalue weighted by Gasteiger charge is -2.28. The number of nitrogens with two attached hydrogens (primary N) is 1. The quantitative estimate of drug-likeness (QED) is 0.167. The van der Waals surface area contributed by atoms with Crippen molar-refractivity contribution in [2.24, 2.45) is 23.5 Å². The van der Waals surface area contributed by atoms with Gasteiger partial charge in [-0.2, -0.15) is 0 Å². The molecular weight excluding hydrogens is 406 g/mol. The van der Waals surface area contributed by atoms with Crippen LogP contribution in [0.2, 0.25) is 0 Å². The molecule has 8 N–H and O–H groups in total. The molecule has 0 aliphatic carbocycles. The summed E-state index contributed by atoms with van der Waals surface area (Å²) in [7, 11) is 0. The van der Waals surface area contributed by atoms with Gasteiger partial charge in [0, 0.05) is 24.8 Å². The van der Waals surface area contributed by atoms with Gasteiger partial charge in [-0.15, -0.1) is 0 Å². The molecule has 0 aromatic rings. The minimum Gasteiger partial charge on any atom is -0.394 e. The van der Waals surface area contributed by atoms with Crippen LogP contribution in [-0.2, 0) is 14.4 Å². The average Bonchev–Trinajstić information content (AvgIpc) is 2.69. The maximum atomic E-state index is 12.5. The monoisotopic (exact) mass is 447 g/mol. The summed E-state index contributed by atoms with van der Waals surface area (Å²) in [5.41, 5.74) is 4.49. The van der Waals surface area contributed by atoms with Crippen molar-refractivity contribution < 1.29 is 34.8 Å². The lowest BCUT2D eigenvalue weighted by molar-refractivity contribution is -0.134. The predicted molar refractivity (Wildman–Crippen MR) is 116 cm³/mol. The third-order valence-corrected chi connectivity index (χ3v) is 5.26. The number of carbonyl (C=O) groups excluding carboxylic acids is 3. The van der Waals surface area contributed by atoms with Crippen molar-refractivity contribution in [3.63, 3.8) is 0 Å². The minimum absolute atomic E-state index is 0.0796. The molecular formula is C21H41N3O7. The fraction of sp³-hybridized carbons (Fsp3) is 0.857. The van der Waals surface area contributed by atoms with Crippen LogP contribution in [0.3, 0.4) is 0 Å². The van der Waals surface area contributed by atoms with Crippen molar-refractivity contribution in [1.82, 2.24) is 10.6 Å². The number of hydrogen-bond acceptors (Lipinski definition) is 8. The summed E-state index contributed by atoms with van der Waals surface area (Å²) in [6, 6.07) is -0.452. The first kappa shape index (κ1) is 29.4. The molecule has 0 aromatic carbocycles. The molecule has 0 rings (SSSR count). The molecule has 0 bridgehead atoms. The molecule has 31 heavy (non-hydrogen) atoms. The molecule has 0 saturated heterocycles. The highest BCUT2D eigenvalue weighted by Crippen LogP contribution is 2.20. The first-order valence-electron chi connectivity index (χ1n) is 10.8. The van der Waals surface area contributed by atoms with Gasteiger partial charge in [0.05, 0.1) is 25.9 Å². The molecule has 0 aliphatic heterocycles. The van der Waals surface area contributed by atoms with E-state index in [9.17, 15) is 34.8 Å². The Kier molecular flexibility index (Phi) is 13.7. The maximum absolute atomic E-state index is 12.5. The minimum atomic E-state index is -1.52. The van der Waals surface area contributed by atoms with Gasteiger partial charge in [-0.25, -0.2) is 0 Å². The van der Waals surface area contributed by atoms with E-state index in [1.54, 1.807) is 0 Å². The Balaban J connectivity index is 4.60. The Morgan fingerprint density at radius 1 is 0.903 bits per heavy atom. The van der Waals surface area contributed by atoms with E-state index in [0.717, 1.165) is 0 Å². The van der Waals surface area contributed by atoms with Gasteiger partial charge in [0.1, 0.15) is 5.54 Å². The number of imide groups is 1. The van der Waals surface area contributed by atoms with Gasteiger partial charge >= 0.3 is 0 Å². The van der Waals surface area contributed by atoms with Crippen LogP contribution in [0.5, 0.6) is 0 Å². The Hall–Kier alpha value is -1.59. The van der Waals surface area contributed by atoms with Crippen LogP contribution < -0.4 is 16.4 Å². The molecule has 0 heterocycles. The Bertz CT molecular complexity index is 557. The summed E-state index contributed by atoms with van der Waals surface area (Å²) < 4.78 is 0. The van der Waals surface area contributed by atoms with Crippen molar-refractivity contribution in [3.05, 3.63) is 0 Å². The number of hydrogen-bond donors (Lipinski definition) is 7. The van der Waals surface area contributed by atoms with Gasteiger partial charge in [-0.05, 0) is 31.1 Å². The Morgan fingerprint density at radius 2 is 1.42 bits per heavy atom. The predicted octanol–water partition coefficient (Wildman–Crippen LogP) is -0.972. The summed E-state index contributed by atoms with van der Waals surface area (Å²) in [5, 5.41) is 42.6. The highest BCUT2D eigenvalue weighted by atomic mass is 16.3. The zero-order chi connectivity index (χ0) is 24.2. The third-order valence-electron chi connectivity index (χ3n) is 5.26. The summed E-state index contributed by atoms with van der Waals surface area (Å²) in [4.78, 5) is 36.6. The number of aliphatic hydroxyl groups excluding tert-OH is 4. The molecule has 0 unspecified atom stereocenters. The van der Waals surface area contributed by atoms with Gasteiger partial charge in [0.25, 0.3) is 0 Å². The van der Waals surface area contributed by atoms with Gasteiger partial charge in [0.15, 0.2) is 0 Å². The lowest BCUT2D eigenvalue weighted by Crippen LogP contribution is -2.57. The van der Waals surface area contributed by atoms with Crippen LogP contribution in [0.4, 0.5) is 0 Å². The molecule has 0 spiro atoms. The standard InChI is InChI=1S/C21H41N3O7/c1-13(2)8-16(22)17(28)9-15(14(3)4)20(31)23-18(29)6-5-7-19(30)24-21(10-25,11-26)12-27/h13-17,25-28H,5-12,22H2,1-4H3,(H,24,30)(H,23,29,31)/t15-,16-,17-/m0/s1. The first-order chi connectivity index (χ1) is 14.4. The Morgan fingerprint density at radius 3 is 1.87 bits per heavy atom. The highest BCUT2D eigenvalue weighted by molar-refractivity contribution is 5.96. The SMILES string of the molecule is CC(C)C[C@H](N)[C@@H](O)C[C@H](C(=O)NC(=O)CCCC(=O)NC(CO)(CO)CO)C(C)C. The summed E-state index contributed by atoms with van der Waals surface area (Å²) >= 11 is 0. The number of carbonyl (C=O) groups is 3. The molecule has 0 saturated carbocycles. The summed E-state index contributed by atoms with van der Waals surface area (Å²) in [6.07, 6.45) is -0.109. The number of aliphatic hydroxyl groups is 4. The molecule has 0 fully saturated rings. The van der Waals surface area contributed by atoms with Crippen LogP contribution in [0, 0.1) is 17.8 Å². The molecule has 0 aromatic heterocycles. The zero-order valence-corrected chi connectivity index (χ0v) is 19.1. The van der Waals surface area contributed by atoms with Crippen LogP contribution in [0.15, 0.2) is 0 Å².